The molecule has 3 N–H and O–H groups in total. The van der Waals surface area contributed by atoms with E-state index in [0.29, 0.717) is 16.5 Å². The minimum absolute atomic E-state index is 0.0609. The summed E-state index contributed by atoms with van der Waals surface area (Å²) in [6.45, 7) is 0. The Hall–Kier alpha value is -1.82. The lowest BCUT2D eigenvalue weighted by Gasteiger charge is -2.12. The van der Waals surface area contributed by atoms with Crippen molar-refractivity contribution >= 4 is 57.4 Å². The molecule has 0 aliphatic rings. The number of carbonyl (C=O) groups excluding carboxylic acids is 1. The third kappa shape index (κ3) is 3.50. The fraction of sp³-hybridized carbons (Fsp3) is 0.0714. The van der Waals surface area contributed by atoms with Crippen LogP contribution in [0.3, 0.4) is 0 Å². The van der Waals surface area contributed by atoms with Gasteiger partial charge in [-0.15, -0.1) is 0 Å². The molecule has 5 nitrogen and oxygen atoms in total. The van der Waals surface area contributed by atoms with E-state index in [1.54, 1.807) is 31.3 Å². The number of carbonyl (C=O) groups is 1. The predicted molar refractivity (Wildman–Crippen MR) is 90.9 cm³/mol. The van der Waals surface area contributed by atoms with E-state index in [2.05, 4.69) is 15.6 Å². The van der Waals surface area contributed by atoms with Gasteiger partial charge >= 0.3 is 0 Å². The molecule has 0 saturated carbocycles. The fourth-order valence-corrected chi connectivity index (χ4v) is 2.45. The van der Waals surface area contributed by atoms with E-state index < -0.39 is 5.91 Å². The Bertz CT molecular complexity index is 732. The molecule has 2 aromatic rings. The van der Waals surface area contributed by atoms with Gasteiger partial charge in [-0.1, -0.05) is 34.8 Å². The molecule has 0 saturated heterocycles. The maximum atomic E-state index is 12.3. The zero-order chi connectivity index (χ0) is 16.3. The molecule has 1 amide bonds. The highest BCUT2D eigenvalue weighted by Gasteiger charge is 2.20. The number of nitrogens with one attached hydrogen (secondary N) is 3. The number of halogens is 3. The average Bonchev–Trinajstić information content (AvgIpc) is 2.48. The minimum Gasteiger partial charge on any atom is -0.373 e. The maximum Gasteiger partial charge on any atom is 0.258 e. The van der Waals surface area contributed by atoms with E-state index in [9.17, 15) is 4.79 Å². The zero-order valence-electron chi connectivity index (χ0n) is 11.4. The third-order valence-corrected chi connectivity index (χ3v) is 3.65. The summed E-state index contributed by atoms with van der Waals surface area (Å²) < 4.78 is 0. The molecule has 0 radical (unpaired) electrons. The van der Waals surface area contributed by atoms with E-state index in [4.69, 9.17) is 40.2 Å². The van der Waals surface area contributed by atoms with Crippen LogP contribution in [0.25, 0.3) is 0 Å². The van der Waals surface area contributed by atoms with Crippen LogP contribution < -0.4 is 10.6 Å². The fourth-order valence-electron chi connectivity index (χ4n) is 1.77. The van der Waals surface area contributed by atoms with Crippen molar-refractivity contribution in [3.63, 3.8) is 0 Å². The lowest BCUT2D eigenvalue weighted by atomic mass is 10.1. The second kappa shape index (κ2) is 6.96. The highest BCUT2D eigenvalue weighted by molar-refractivity contribution is 6.70. The molecule has 0 spiro atoms. The van der Waals surface area contributed by atoms with Gasteiger partial charge in [-0.3, -0.25) is 10.2 Å². The van der Waals surface area contributed by atoms with Gasteiger partial charge in [-0.25, -0.2) is 4.98 Å². The number of hydrogen-bond acceptors (Lipinski definition) is 4. The van der Waals surface area contributed by atoms with Crippen molar-refractivity contribution in [2.24, 2.45) is 0 Å². The molecule has 1 heterocycles. The van der Waals surface area contributed by atoms with Crippen LogP contribution >= 0.6 is 34.8 Å². The van der Waals surface area contributed by atoms with E-state index >= 15 is 0 Å². The van der Waals surface area contributed by atoms with E-state index in [1.165, 1.54) is 6.20 Å². The molecule has 1 aromatic heterocycles. The zero-order valence-corrected chi connectivity index (χ0v) is 13.6. The molecule has 1 aromatic carbocycles. The van der Waals surface area contributed by atoms with Crippen molar-refractivity contribution in [1.29, 1.82) is 5.41 Å². The Labute approximate surface area is 142 Å². The smallest absolute Gasteiger partial charge is 0.258 e. The molecule has 22 heavy (non-hydrogen) atoms. The summed E-state index contributed by atoms with van der Waals surface area (Å²) in [5.41, 5.74) is 0.858. The Morgan fingerprint density at radius 2 is 1.86 bits per heavy atom. The van der Waals surface area contributed by atoms with Gasteiger partial charge in [0.1, 0.15) is 11.0 Å². The first-order valence-corrected chi connectivity index (χ1v) is 7.25. The topological polar surface area (TPSA) is 77.9 Å². The van der Waals surface area contributed by atoms with Crippen molar-refractivity contribution < 1.29 is 4.79 Å². The number of hydrogen-bond donors (Lipinski definition) is 3. The monoisotopic (exact) mass is 356 g/mol. The van der Waals surface area contributed by atoms with Crippen LogP contribution in [0, 0.1) is 5.41 Å². The van der Waals surface area contributed by atoms with Crippen LogP contribution in [-0.2, 0) is 0 Å². The summed E-state index contributed by atoms with van der Waals surface area (Å²) in [4.78, 5) is 16.3. The Kier molecular flexibility index (Phi) is 5.24. The van der Waals surface area contributed by atoms with Gasteiger partial charge in [0.25, 0.3) is 5.91 Å². The number of nitrogens with zero attached hydrogens (tertiary/aromatic N) is 1. The van der Waals surface area contributed by atoms with Crippen molar-refractivity contribution in [3.05, 3.63) is 51.6 Å². The van der Waals surface area contributed by atoms with Crippen LogP contribution in [0.4, 0.5) is 11.5 Å². The quantitative estimate of drug-likeness (QED) is 0.716. The summed E-state index contributed by atoms with van der Waals surface area (Å²) in [5.74, 6) is -0.130. The van der Waals surface area contributed by atoms with Crippen molar-refractivity contribution in [2.75, 3.05) is 17.7 Å². The third-order valence-electron chi connectivity index (χ3n) is 2.82. The molecule has 2 rings (SSSR count). The Balaban J connectivity index is 2.36. The Morgan fingerprint density at radius 1 is 1.23 bits per heavy atom. The van der Waals surface area contributed by atoms with Gasteiger partial charge in [0, 0.05) is 24.0 Å². The van der Waals surface area contributed by atoms with Gasteiger partial charge in [0.05, 0.1) is 16.1 Å². The first-order valence-electron chi connectivity index (χ1n) is 6.11. The largest absolute Gasteiger partial charge is 0.373 e. The van der Waals surface area contributed by atoms with Crippen molar-refractivity contribution in [1.82, 2.24) is 4.98 Å². The lowest BCUT2D eigenvalue weighted by molar-refractivity contribution is 0.102. The second-order valence-corrected chi connectivity index (χ2v) is 5.43. The number of anilines is 2. The SMILES string of the molecule is CNc1ncc(C(=O)Nc2ccc(Cl)cc2)c(Cl)c1C(=N)Cl. The van der Waals surface area contributed by atoms with Gasteiger partial charge in [0.15, 0.2) is 0 Å². The molecule has 114 valence electrons. The summed E-state index contributed by atoms with van der Waals surface area (Å²) >= 11 is 17.7. The average molecular weight is 358 g/mol. The summed E-state index contributed by atoms with van der Waals surface area (Å²) in [6.07, 6.45) is 1.32. The molecule has 0 aliphatic heterocycles. The van der Waals surface area contributed by atoms with E-state index in [0.717, 1.165) is 0 Å². The molecular weight excluding hydrogens is 347 g/mol. The normalized spacial score (nSPS) is 10.2. The highest BCUT2D eigenvalue weighted by atomic mass is 35.5. The summed E-state index contributed by atoms with van der Waals surface area (Å²) in [7, 11) is 1.62. The first kappa shape index (κ1) is 16.5. The Morgan fingerprint density at radius 3 is 2.41 bits per heavy atom. The molecule has 0 bridgehead atoms. The molecule has 0 fully saturated rings. The van der Waals surface area contributed by atoms with Crippen molar-refractivity contribution in [2.45, 2.75) is 0 Å². The molecule has 0 unspecified atom stereocenters. The maximum absolute atomic E-state index is 12.3. The summed E-state index contributed by atoms with van der Waals surface area (Å²) in [6, 6.07) is 6.63. The van der Waals surface area contributed by atoms with Gasteiger partial charge in [-0.2, -0.15) is 0 Å². The standard InChI is InChI=1S/C14H11Cl3N4O/c1-19-13-10(12(17)18)11(16)9(6-20-13)14(22)21-8-4-2-7(15)3-5-8/h2-6,18H,1H3,(H,19,20)(H,21,22). The number of amides is 1. The first-order chi connectivity index (χ1) is 10.4. The van der Waals surface area contributed by atoms with Crippen LogP contribution in [-0.4, -0.2) is 23.1 Å². The predicted octanol–water partition coefficient (Wildman–Crippen LogP) is 4.25. The highest BCUT2D eigenvalue weighted by Crippen LogP contribution is 2.28. The van der Waals surface area contributed by atoms with Crippen LogP contribution in [0.5, 0.6) is 0 Å². The second-order valence-electron chi connectivity index (χ2n) is 4.23. The van der Waals surface area contributed by atoms with E-state index in [-0.39, 0.29) is 21.3 Å². The molecular formula is C14H11Cl3N4O. The minimum atomic E-state index is -0.457. The van der Waals surface area contributed by atoms with Crippen LogP contribution in [0.1, 0.15) is 15.9 Å². The van der Waals surface area contributed by atoms with Crippen LogP contribution in [0.2, 0.25) is 10.0 Å². The molecule has 0 aliphatic carbocycles. The molecule has 8 heteroatoms. The lowest BCUT2D eigenvalue weighted by Crippen LogP contribution is -2.15. The summed E-state index contributed by atoms with van der Waals surface area (Å²) in [5, 5.41) is 13.3. The van der Waals surface area contributed by atoms with Gasteiger partial charge in [0.2, 0.25) is 0 Å². The van der Waals surface area contributed by atoms with Gasteiger partial charge in [-0.05, 0) is 24.3 Å². The molecule has 0 atom stereocenters. The number of rotatable bonds is 4. The number of aromatic nitrogens is 1. The van der Waals surface area contributed by atoms with Crippen molar-refractivity contribution in [3.8, 4) is 0 Å². The van der Waals surface area contributed by atoms with Gasteiger partial charge < -0.3 is 10.6 Å². The van der Waals surface area contributed by atoms with Crippen LogP contribution in [0.15, 0.2) is 30.5 Å². The number of pyridine rings is 1. The number of benzene rings is 1. The van der Waals surface area contributed by atoms with E-state index in [1.807, 2.05) is 0 Å².